The van der Waals surface area contributed by atoms with Crippen molar-refractivity contribution in [3.05, 3.63) is 29.6 Å². The van der Waals surface area contributed by atoms with Crippen LogP contribution in [0, 0.1) is 18.8 Å². The Morgan fingerprint density at radius 1 is 1.40 bits per heavy atom. The van der Waals surface area contributed by atoms with Crippen LogP contribution in [0.15, 0.2) is 18.3 Å². The number of pyridine rings is 1. The summed E-state index contributed by atoms with van der Waals surface area (Å²) in [6, 6.07) is 3.64. The molecule has 2 rings (SSSR count). The first-order valence-corrected chi connectivity index (χ1v) is 6.88. The van der Waals surface area contributed by atoms with Gasteiger partial charge in [0.1, 0.15) is 5.78 Å². The number of carbonyl (C=O) groups is 1. The molecule has 0 spiro atoms. The van der Waals surface area contributed by atoms with Gasteiger partial charge in [0.25, 0.3) is 0 Å². The molecule has 0 N–H and O–H groups in total. The molecule has 2 nitrogen and oxygen atoms in total. The van der Waals surface area contributed by atoms with Crippen LogP contribution in [-0.4, -0.2) is 16.9 Å². The lowest BCUT2D eigenvalue weighted by molar-refractivity contribution is -0.186. The van der Waals surface area contributed by atoms with Crippen LogP contribution in [0.3, 0.4) is 0 Å². The van der Waals surface area contributed by atoms with Crippen LogP contribution in [0.5, 0.6) is 0 Å². The predicted octanol–water partition coefficient (Wildman–Crippen LogP) is 3.87. The van der Waals surface area contributed by atoms with Crippen molar-refractivity contribution in [1.82, 2.24) is 4.98 Å². The first kappa shape index (κ1) is 15.0. The average molecular weight is 285 g/mol. The summed E-state index contributed by atoms with van der Waals surface area (Å²) in [4.78, 5) is 16.3. The molecule has 0 bridgehead atoms. The van der Waals surface area contributed by atoms with Gasteiger partial charge in [0.05, 0.1) is 11.6 Å². The minimum absolute atomic E-state index is 0.0613. The maximum absolute atomic E-state index is 12.7. The molecular formula is C15H18F3NO. The standard InChI is InChI=1S/C15H18F3NO/c1-10-4-3-7-19-13(10)9-14(20)11-5-2-6-12(8-11)15(16,17)18/h3-4,7,11-12H,2,5-6,8-9H2,1H3. The van der Waals surface area contributed by atoms with Crippen LogP contribution >= 0.6 is 0 Å². The average Bonchev–Trinajstić information content (AvgIpc) is 2.40. The van der Waals surface area contributed by atoms with Crippen molar-refractivity contribution in [3.8, 4) is 0 Å². The molecule has 2 unspecified atom stereocenters. The van der Waals surface area contributed by atoms with E-state index in [4.69, 9.17) is 0 Å². The van der Waals surface area contributed by atoms with Gasteiger partial charge in [-0.05, 0) is 37.8 Å². The van der Waals surface area contributed by atoms with E-state index in [1.807, 2.05) is 13.0 Å². The monoisotopic (exact) mass is 285 g/mol. The summed E-state index contributed by atoms with van der Waals surface area (Å²) < 4.78 is 38.2. The van der Waals surface area contributed by atoms with Gasteiger partial charge in [0.15, 0.2) is 0 Å². The van der Waals surface area contributed by atoms with E-state index in [2.05, 4.69) is 4.98 Å². The molecule has 5 heteroatoms. The molecule has 2 atom stereocenters. The maximum Gasteiger partial charge on any atom is 0.391 e. The Hall–Kier alpha value is -1.39. The molecule has 20 heavy (non-hydrogen) atoms. The lowest BCUT2D eigenvalue weighted by Crippen LogP contribution is -2.32. The van der Waals surface area contributed by atoms with Gasteiger partial charge in [-0.3, -0.25) is 9.78 Å². The zero-order valence-corrected chi connectivity index (χ0v) is 11.4. The van der Waals surface area contributed by atoms with Crippen molar-refractivity contribution in [2.45, 2.75) is 45.2 Å². The van der Waals surface area contributed by atoms with Crippen LogP contribution in [-0.2, 0) is 11.2 Å². The Labute approximate surface area is 116 Å². The van der Waals surface area contributed by atoms with E-state index in [9.17, 15) is 18.0 Å². The molecule has 0 amide bonds. The Bertz CT molecular complexity index is 484. The van der Waals surface area contributed by atoms with Crippen molar-refractivity contribution >= 4 is 5.78 Å². The van der Waals surface area contributed by atoms with E-state index in [1.54, 1.807) is 12.3 Å². The molecule has 0 aromatic carbocycles. The first-order valence-electron chi connectivity index (χ1n) is 6.88. The summed E-state index contributed by atoms with van der Waals surface area (Å²) in [6.45, 7) is 1.86. The second kappa shape index (κ2) is 5.94. The Kier molecular flexibility index (Phi) is 4.45. The Balaban J connectivity index is 2.01. The van der Waals surface area contributed by atoms with E-state index >= 15 is 0 Å². The zero-order chi connectivity index (χ0) is 14.8. The molecule has 1 aliphatic rings. The minimum atomic E-state index is -4.18. The third-order valence-electron chi connectivity index (χ3n) is 4.05. The van der Waals surface area contributed by atoms with E-state index in [0.29, 0.717) is 18.5 Å². The van der Waals surface area contributed by atoms with Crippen LogP contribution < -0.4 is 0 Å². The third kappa shape index (κ3) is 3.58. The van der Waals surface area contributed by atoms with E-state index in [0.717, 1.165) is 5.56 Å². The zero-order valence-electron chi connectivity index (χ0n) is 11.4. The fourth-order valence-electron chi connectivity index (χ4n) is 2.79. The summed E-state index contributed by atoms with van der Waals surface area (Å²) in [5.41, 5.74) is 1.58. The molecule has 1 aromatic heterocycles. The number of halogens is 3. The highest BCUT2D eigenvalue weighted by Gasteiger charge is 2.43. The molecule has 0 saturated heterocycles. The topological polar surface area (TPSA) is 30.0 Å². The van der Waals surface area contributed by atoms with E-state index in [1.165, 1.54) is 0 Å². The summed E-state index contributed by atoms with van der Waals surface area (Å²) in [5, 5.41) is 0. The molecule has 110 valence electrons. The van der Waals surface area contributed by atoms with Crippen LogP contribution in [0.1, 0.15) is 36.9 Å². The van der Waals surface area contributed by atoms with Crippen LogP contribution in [0.25, 0.3) is 0 Å². The van der Waals surface area contributed by atoms with Crippen molar-refractivity contribution in [1.29, 1.82) is 0 Å². The number of hydrogen-bond acceptors (Lipinski definition) is 2. The number of hydrogen-bond donors (Lipinski definition) is 0. The maximum atomic E-state index is 12.7. The van der Waals surface area contributed by atoms with Gasteiger partial charge >= 0.3 is 6.18 Å². The SMILES string of the molecule is Cc1cccnc1CC(=O)C1CCCC(C(F)(F)F)C1. The molecule has 0 radical (unpaired) electrons. The molecule has 1 heterocycles. The normalized spacial score (nSPS) is 23.6. The van der Waals surface area contributed by atoms with Gasteiger partial charge in [-0.2, -0.15) is 13.2 Å². The summed E-state index contributed by atoms with van der Waals surface area (Å²) >= 11 is 0. The lowest BCUT2D eigenvalue weighted by atomic mass is 9.78. The molecule has 0 aliphatic heterocycles. The molecule has 1 aliphatic carbocycles. The van der Waals surface area contributed by atoms with Crippen LogP contribution in [0.4, 0.5) is 13.2 Å². The Morgan fingerprint density at radius 3 is 2.80 bits per heavy atom. The molecule has 1 saturated carbocycles. The van der Waals surface area contributed by atoms with E-state index in [-0.39, 0.29) is 25.0 Å². The highest BCUT2D eigenvalue weighted by Crippen LogP contribution is 2.40. The fourth-order valence-corrected chi connectivity index (χ4v) is 2.79. The summed E-state index contributed by atoms with van der Waals surface area (Å²) in [6.07, 6.45) is -1.31. The number of aromatic nitrogens is 1. The van der Waals surface area contributed by atoms with Gasteiger partial charge in [-0.15, -0.1) is 0 Å². The molecule has 1 aromatic rings. The van der Waals surface area contributed by atoms with Gasteiger partial charge in [-0.25, -0.2) is 0 Å². The largest absolute Gasteiger partial charge is 0.391 e. The van der Waals surface area contributed by atoms with Crippen molar-refractivity contribution in [2.75, 3.05) is 0 Å². The van der Waals surface area contributed by atoms with Crippen molar-refractivity contribution in [2.24, 2.45) is 11.8 Å². The molecule has 1 fully saturated rings. The number of Topliss-reactive ketones (excluding diaryl/α,β-unsaturated/α-hetero) is 1. The van der Waals surface area contributed by atoms with Gasteiger partial charge in [-0.1, -0.05) is 12.5 Å². The summed E-state index contributed by atoms with van der Waals surface area (Å²) in [5.74, 6) is -1.91. The second-order valence-corrected chi connectivity index (χ2v) is 5.51. The minimum Gasteiger partial charge on any atom is -0.299 e. The highest BCUT2D eigenvalue weighted by atomic mass is 19.4. The predicted molar refractivity (Wildman–Crippen MR) is 69.2 cm³/mol. The fraction of sp³-hybridized carbons (Fsp3) is 0.600. The lowest BCUT2D eigenvalue weighted by Gasteiger charge is -2.29. The number of rotatable bonds is 3. The van der Waals surface area contributed by atoms with Crippen molar-refractivity contribution in [3.63, 3.8) is 0 Å². The number of carbonyl (C=O) groups excluding carboxylic acids is 1. The quantitative estimate of drug-likeness (QED) is 0.843. The number of ketones is 1. The highest BCUT2D eigenvalue weighted by molar-refractivity contribution is 5.83. The Morgan fingerprint density at radius 2 is 2.15 bits per heavy atom. The first-order chi connectivity index (χ1) is 9.38. The number of alkyl halides is 3. The third-order valence-corrected chi connectivity index (χ3v) is 4.05. The summed E-state index contributed by atoms with van der Waals surface area (Å²) in [7, 11) is 0. The van der Waals surface area contributed by atoms with Gasteiger partial charge in [0, 0.05) is 18.5 Å². The van der Waals surface area contributed by atoms with Gasteiger partial charge in [0.2, 0.25) is 0 Å². The van der Waals surface area contributed by atoms with Crippen LogP contribution in [0.2, 0.25) is 0 Å². The van der Waals surface area contributed by atoms with Crippen molar-refractivity contribution < 1.29 is 18.0 Å². The second-order valence-electron chi connectivity index (χ2n) is 5.51. The molecular weight excluding hydrogens is 267 g/mol. The smallest absolute Gasteiger partial charge is 0.299 e. The number of aryl methyl sites for hydroxylation is 1. The van der Waals surface area contributed by atoms with Gasteiger partial charge < -0.3 is 0 Å². The van der Waals surface area contributed by atoms with E-state index < -0.39 is 18.0 Å². The number of nitrogens with zero attached hydrogens (tertiary/aromatic N) is 1.